The number of allylic oxidation sites excluding steroid dienone is 1. The first-order valence-corrected chi connectivity index (χ1v) is 3.78. The van der Waals surface area contributed by atoms with Crippen LogP contribution >= 0.6 is 0 Å². The number of esters is 1. The summed E-state index contributed by atoms with van der Waals surface area (Å²) in [5.74, 6) is -0.257. The van der Waals surface area contributed by atoms with Crippen molar-refractivity contribution < 1.29 is 14.3 Å². The highest BCUT2D eigenvalue weighted by atomic mass is 16.5. The molecule has 0 N–H and O–H groups in total. The molecule has 0 amide bonds. The van der Waals surface area contributed by atoms with Crippen LogP contribution in [-0.4, -0.2) is 19.4 Å². The SMILES string of the molecule is CC=C(C)C(=O)OC.CCC=O. The molecule has 0 aliphatic carbocycles. The third-order valence-corrected chi connectivity index (χ3v) is 1.11. The van der Waals surface area contributed by atoms with E-state index in [-0.39, 0.29) is 5.97 Å². The molecule has 0 radical (unpaired) electrons. The average Bonchev–Trinajstić information content (AvgIpc) is 2.15. The van der Waals surface area contributed by atoms with Gasteiger partial charge in [-0.25, -0.2) is 4.79 Å². The van der Waals surface area contributed by atoms with E-state index in [1.54, 1.807) is 19.9 Å². The topological polar surface area (TPSA) is 43.4 Å². The van der Waals surface area contributed by atoms with Gasteiger partial charge in [-0.05, 0) is 13.8 Å². The summed E-state index contributed by atoms with van der Waals surface area (Å²) in [6.07, 6.45) is 3.23. The lowest BCUT2D eigenvalue weighted by Gasteiger charge is -1.93. The summed E-state index contributed by atoms with van der Waals surface area (Å²) in [4.78, 5) is 19.6. The number of hydrogen-bond acceptors (Lipinski definition) is 3. The van der Waals surface area contributed by atoms with Gasteiger partial charge in [0.05, 0.1) is 7.11 Å². The Hall–Kier alpha value is -1.12. The molecular formula is C9H16O3. The van der Waals surface area contributed by atoms with Gasteiger partial charge in [0, 0.05) is 12.0 Å². The van der Waals surface area contributed by atoms with E-state index in [2.05, 4.69) is 4.74 Å². The Balaban J connectivity index is 0. The molecule has 0 saturated carbocycles. The van der Waals surface area contributed by atoms with Crippen molar-refractivity contribution >= 4 is 12.3 Å². The van der Waals surface area contributed by atoms with Crippen molar-refractivity contribution in [2.24, 2.45) is 0 Å². The average molecular weight is 172 g/mol. The van der Waals surface area contributed by atoms with Crippen LogP contribution in [0.3, 0.4) is 0 Å². The zero-order chi connectivity index (χ0) is 9.98. The Kier molecular flexibility index (Phi) is 11.1. The molecule has 0 atom stereocenters. The van der Waals surface area contributed by atoms with Crippen LogP contribution in [0.1, 0.15) is 27.2 Å². The van der Waals surface area contributed by atoms with Crippen molar-refractivity contribution in [3.05, 3.63) is 11.6 Å². The van der Waals surface area contributed by atoms with Gasteiger partial charge in [0.2, 0.25) is 0 Å². The minimum Gasteiger partial charge on any atom is -0.466 e. The predicted molar refractivity (Wildman–Crippen MR) is 47.8 cm³/mol. The third kappa shape index (κ3) is 8.88. The molecule has 3 heteroatoms. The zero-order valence-corrected chi connectivity index (χ0v) is 8.09. The number of methoxy groups -OCH3 is 1. The Morgan fingerprint density at radius 1 is 1.50 bits per heavy atom. The van der Waals surface area contributed by atoms with Crippen molar-refractivity contribution in [3.8, 4) is 0 Å². The predicted octanol–water partition coefficient (Wildman–Crippen LogP) is 1.72. The molecule has 0 aliphatic rings. The van der Waals surface area contributed by atoms with Crippen LogP contribution in [0.4, 0.5) is 0 Å². The molecule has 0 bridgehead atoms. The number of carbonyl (C=O) groups is 2. The molecule has 0 aliphatic heterocycles. The van der Waals surface area contributed by atoms with E-state index in [9.17, 15) is 9.59 Å². The fourth-order valence-corrected chi connectivity index (χ4v) is 0.279. The van der Waals surface area contributed by atoms with E-state index in [1.807, 2.05) is 6.92 Å². The van der Waals surface area contributed by atoms with Gasteiger partial charge in [-0.3, -0.25) is 0 Å². The minimum absolute atomic E-state index is 0.257. The largest absolute Gasteiger partial charge is 0.466 e. The van der Waals surface area contributed by atoms with Crippen LogP contribution in [0.15, 0.2) is 11.6 Å². The molecule has 0 aromatic rings. The van der Waals surface area contributed by atoms with Crippen LogP contribution in [-0.2, 0) is 14.3 Å². The van der Waals surface area contributed by atoms with Crippen LogP contribution in [0.25, 0.3) is 0 Å². The van der Waals surface area contributed by atoms with Crippen molar-refractivity contribution in [1.82, 2.24) is 0 Å². The Bertz CT molecular complexity index is 159. The van der Waals surface area contributed by atoms with Crippen LogP contribution in [0, 0.1) is 0 Å². The van der Waals surface area contributed by atoms with E-state index in [0.29, 0.717) is 12.0 Å². The molecule has 3 nitrogen and oxygen atoms in total. The first-order valence-electron chi connectivity index (χ1n) is 3.78. The van der Waals surface area contributed by atoms with Gasteiger partial charge in [0.1, 0.15) is 6.29 Å². The normalized spacial score (nSPS) is 9.50. The lowest BCUT2D eigenvalue weighted by atomic mass is 10.3. The fourth-order valence-electron chi connectivity index (χ4n) is 0.279. The summed E-state index contributed by atoms with van der Waals surface area (Å²) in [6, 6.07) is 0. The number of rotatable bonds is 2. The lowest BCUT2D eigenvalue weighted by Crippen LogP contribution is -2.00. The second kappa shape index (κ2) is 9.88. The van der Waals surface area contributed by atoms with Gasteiger partial charge in [-0.2, -0.15) is 0 Å². The van der Waals surface area contributed by atoms with Crippen molar-refractivity contribution in [2.75, 3.05) is 7.11 Å². The smallest absolute Gasteiger partial charge is 0.333 e. The summed E-state index contributed by atoms with van der Waals surface area (Å²) >= 11 is 0. The first-order chi connectivity index (χ1) is 5.63. The molecule has 12 heavy (non-hydrogen) atoms. The second-order valence-corrected chi connectivity index (χ2v) is 2.04. The molecule has 70 valence electrons. The maximum Gasteiger partial charge on any atom is 0.333 e. The summed E-state index contributed by atoms with van der Waals surface area (Å²) < 4.78 is 4.40. The Labute approximate surface area is 73.4 Å². The molecule has 0 aromatic carbocycles. The summed E-state index contributed by atoms with van der Waals surface area (Å²) in [6.45, 7) is 5.32. The van der Waals surface area contributed by atoms with Crippen molar-refractivity contribution in [1.29, 1.82) is 0 Å². The van der Waals surface area contributed by atoms with Crippen molar-refractivity contribution in [3.63, 3.8) is 0 Å². The highest BCUT2D eigenvalue weighted by Crippen LogP contribution is 1.92. The monoisotopic (exact) mass is 172 g/mol. The number of carbonyl (C=O) groups excluding carboxylic acids is 2. The van der Waals surface area contributed by atoms with Crippen LogP contribution < -0.4 is 0 Å². The van der Waals surface area contributed by atoms with E-state index < -0.39 is 0 Å². The zero-order valence-electron chi connectivity index (χ0n) is 8.09. The van der Waals surface area contributed by atoms with Gasteiger partial charge in [0.25, 0.3) is 0 Å². The quantitative estimate of drug-likeness (QED) is 0.362. The molecule has 0 heterocycles. The van der Waals surface area contributed by atoms with Gasteiger partial charge in [0.15, 0.2) is 0 Å². The fraction of sp³-hybridized carbons (Fsp3) is 0.556. The maximum atomic E-state index is 10.5. The van der Waals surface area contributed by atoms with Crippen LogP contribution in [0.2, 0.25) is 0 Å². The highest BCUT2D eigenvalue weighted by Gasteiger charge is 1.98. The van der Waals surface area contributed by atoms with E-state index in [0.717, 1.165) is 6.29 Å². The Morgan fingerprint density at radius 3 is 2.00 bits per heavy atom. The lowest BCUT2D eigenvalue weighted by molar-refractivity contribution is -0.136. The molecule has 0 aromatic heterocycles. The first kappa shape index (κ1) is 13.5. The summed E-state index contributed by atoms with van der Waals surface area (Å²) in [5, 5.41) is 0. The highest BCUT2D eigenvalue weighted by molar-refractivity contribution is 5.87. The van der Waals surface area contributed by atoms with E-state index in [4.69, 9.17) is 0 Å². The van der Waals surface area contributed by atoms with Crippen LogP contribution in [0.5, 0.6) is 0 Å². The minimum atomic E-state index is -0.257. The molecule has 0 unspecified atom stereocenters. The van der Waals surface area contributed by atoms with E-state index in [1.165, 1.54) is 7.11 Å². The summed E-state index contributed by atoms with van der Waals surface area (Å²) in [5.41, 5.74) is 0.646. The standard InChI is InChI=1S/C6H10O2.C3H6O/c1-4-5(2)6(7)8-3;1-2-3-4/h4H,1-3H3;3H,2H2,1H3. The Morgan fingerprint density at radius 2 is 1.92 bits per heavy atom. The number of ether oxygens (including phenoxy) is 1. The van der Waals surface area contributed by atoms with Gasteiger partial charge >= 0.3 is 5.97 Å². The van der Waals surface area contributed by atoms with Gasteiger partial charge in [-0.15, -0.1) is 0 Å². The summed E-state index contributed by atoms with van der Waals surface area (Å²) in [7, 11) is 1.37. The maximum absolute atomic E-state index is 10.5. The molecule has 0 rings (SSSR count). The third-order valence-electron chi connectivity index (χ3n) is 1.11. The number of aldehydes is 1. The molecule has 0 spiro atoms. The number of hydrogen-bond donors (Lipinski definition) is 0. The molecule has 0 saturated heterocycles. The second-order valence-electron chi connectivity index (χ2n) is 2.04. The molecular weight excluding hydrogens is 156 g/mol. The van der Waals surface area contributed by atoms with Crippen molar-refractivity contribution in [2.45, 2.75) is 27.2 Å². The van der Waals surface area contributed by atoms with Gasteiger partial charge in [-0.1, -0.05) is 13.0 Å². The van der Waals surface area contributed by atoms with Gasteiger partial charge < -0.3 is 9.53 Å². The molecule has 0 fully saturated rings. The van der Waals surface area contributed by atoms with E-state index >= 15 is 0 Å².